The van der Waals surface area contributed by atoms with Crippen LogP contribution in [-0.2, 0) is 4.57 Å². The Balaban J connectivity index is 2.55. The summed E-state index contributed by atoms with van der Waals surface area (Å²) in [6, 6.07) is 15.1. The third kappa shape index (κ3) is 2.48. The second kappa shape index (κ2) is 5.03. The number of carbonyl (C=O) groups excluding carboxylic acids is 1. The van der Waals surface area contributed by atoms with Crippen LogP contribution in [0.3, 0.4) is 0 Å². The Morgan fingerprint density at radius 1 is 1.00 bits per heavy atom. The SMILES string of the molecule is Cc1ccc(-c2ccccc2C(=O)P=O)cc1. The van der Waals surface area contributed by atoms with Crippen molar-refractivity contribution in [3.8, 4) is 11.1 Å². The average molecular weight is 242 g/mol. The van der Waals surface area contributed by atoms with Crippen LogP contribution in [-0.4, -0.2) is 5.52 Å². The molecule has 2 aromatic rings. The molecule has 0 spiro atoms. The Hall–Kier alpha value is -1.79. The second-order valence-corrected chi connectivity index (χ2v) is 4.40. The van der Waals surface area contributed by atoms with Crippen LogP contribution in [0.15, 0.2) is 48.5 Å². The molecule has 0 bridgehead atoms. The van der Waals surface area contributed by atoms with E-state index in [0.29, 0.717) is 5.56 Å². The minimum absolute atomic E-state index is 0.388. The molecule has 84 valence electrons. The Kier molecular flexibility index (Phi) is 3.46. The molecule has 0 atom stereocenters. The first-order chi connectivity index (χ1) is 8.22. The maximum absolute atomic E-state index is 11.5. The van der Waals surface area contributed by atoms with E-state index < -0.39 is 8.46 Å². The van der Waals surface area contributed by atoms with Crippen LogP contribution >= 0.6 is 8.46 Å². The number of hydrogen-bond donors (Lipinski definition) is 0. The van der Waals surface area contributed by atoms with Gasteiger partial charge in [-0.3, -0.25) is 9.36 Å². The van der Waals surface area contributed by atoms with Crippen molar-refractivity contribution in [2.75, 3.05) is 0 Å². The molecule has 0 N–H and O–H groups in total. The van der Waals surface area contributed by atoms with Crippen LogP contribution in [0.1, 0.15) is 15.9 Å². The molecule has 2 rings (SSSR count). The van der Waals surface area contributed by atoms with Gasteiger partial charge in [0.15, 0.2) is 0 Å². The van der Waals surface area contributed by atoms with Crippen LogP contribution in [0.4, 0.5) is 0 Å². The minimum atomic E-state index is -0.470. The normalized spacial score (nSPS) is 10.4. The highest BCUT2D eigenvalue weighted by Gasteiger charge is 2.11. The molecule has 17 heavy (non-hydrogen) atoms. The predicted octanol–water partition coefficient (Wildman–Crippen LogP) is 4.09. The molecule has 0 fully saturated rings. The summed E-state index contributed by atoms with van der Waals surface area (Å²) >= 11 is 0. The fourth-order valence-electron chi connectivity index (χ4n) is 1.70. The molecule has 0 saturated heterocycles. The van der Waals surface area contributed by atoms with Gasteiger partial charge < -0.3 is 0 Å². The van der Waals surface area contributed by atoms with Crippen molar-refractivity contribution in [3.63, 3.8) is 0 Å². The largest absolute Gasteiger partial charge is 0.280 e. The maximum Gasteiger partial charge on any atom is 0.253 e. The van der Waals surface area contributed by atoms with Gasteiger partial charge in [-0.15, -0.1) is 0 Å². The molecule has 0 amide bonds. The maximum atomic E-state index is 11.5. The molecular weight excluding hydrogens is 231 g/mol. The fourth-order valence-corrected chi connectivity index (χ4v) is 2.00. The van der Waals surface area contributed by atoms with Crippen LogP contribution in [0.25, 0.3) is 11.1 Å². The number of aryl methyl sites for hydroxylation is 1. The first-order valence-electron chi connectivity index (χ1n) is 5.26. The summed E-state index contributed by atoms with van der Waals surface area (Å²) in [5.74, 6) is 0. The van der Waals surface area contributed by atoms with Gasteiger partial charge >= 0.3 is 0 Å². The summed E-state index contributed by atoms with van der Waals surface area (Å²) in [5.41, 5.74) is 3.05. The third-order valence-corrected chi connectivity index (χ3v) is 3.01. The van der Waals surface area contributed by atoms with Crippen LogP contribution in [0.5, 0.6) is 0 Å². The van der Waals surface area contributed by atoms with E-state index in [9.17, 15) is 9.36 Å². The van der Waals surface area contributed by atoms with Crippen molar-refractivity contribution in [2.24, 2.45) is 0 Å². The van der Waals surface area contributed by atoms with Crippen LogP contribution in [0.2, 0.25) is 0 Å². The van der Waals surface area contributed by atoms with Gasteiger partial charge in [-0.05, 0) is 24.1 Å². The van der Waals surface area contributed by atoms with Crippen molar-refractivity contribution in [2.45, 2.75) is 6.92 Å². The van der Waals surface area contributed by atoms with Gasteiger partial charge in [0, 0.05) is 5.56 Å². The van der Waals surface area contributed by atoms with Gasteiger partial charge in [-0.25, -0.2) is 0 Å². The van der Waals surface area contributed by atoms with Gasteiger partial charge in [0.2, 0.25) is 8.46 Å². The summed E-state index contributed by atoms with van der Waals surface area (Å²) in [4.78, 5) is 11.5. The van der Waals surface area contributed by atoms with E-state index in [4.69, 9.17) is 0 Å². The van der Waals surface area contributed by atoms with E-state index in [1.807, 2.05) is 43.3 Å². The fraction of sp³-hybridized carbons (Fsp3) is 0.0714. The lowest BCUT2D eigenvalue weighted by atomic mass is 9.99. The van der Waals surface area contributed by atoms with E-state index in [1.165, 1.54) is 5.56 Å². The molecule has 0 radical (unpaired) electrons. The lowest BCUT2D eigenvalue weighted by molar-refractivity contribution is 0.108. The highest BCUT2D eigenvalue weighted by Crippen LogP contribution is 2.26. The first-order valence-corrected chi connectivity index (χ1v) is 6.07. The minimum Gasteiger partial charge on any atom is -0.280 e. The zero-order chi connectivity index (χ0) is 12.3. The Morgan fingerprint density at radius 3 is 2.29 bits per heavy atom. The van der Waals surface area contributed by atoms with Crippen molar-refractivity contribution >= 4 is 14.0 Å². The molecule has 3 heteroatoms. The van der Waals surface area contributed by atoms with Crippen molar-refractivity contribution < 1.29 is 9.36 Å². The van der Waals surface area contributed by atoms with Gasteiger partial charge in [-0.2, -0.15) is 0 Å². The molecule has 0 saturated carbocycles. The molecular formula is C14H11O2P. The van der Waals surface area contributed by atoms with Gasteiger partial charge in [0.1, 0.15) is 0 Å². The van der Waals surface area contributed by atoms with Gasteiger partial charge in [0.05, 0.1) is 0 Å². The molecule has 0 aliphatic heterocycles. The number of hydrogen-bond acceptors (Lipinski definition) is 2. The first kappa shape index (κ1) is 11.7. The molecule has 0 aromatic heterocycles. The summed E-state index contributed by atoms with van der Waals surface area (Å²) in [6.45, 7) is 2.01. The zero-order valence-electron chi connectivity index (χ0n) is 9.38. The van der Waals surface area contributed by atoms with E-state index >= 15 is 0 Å². The molecule has 0 heterocycles. The average Bonchev–Trinajstić information content (AvgIpc) is 2.39. The van der Waals surface area contributed by atoms with Crippen molar-refractivity contribution in [1.82, 2.24) is 0 Å². The predicted molar refractivity (Wildman–Crippen MR) is 68.6 cm³/mol. The summed E-state index contributed by atoms with van der Waals surface area (Å²) in [6.07, 6.45) is 0. The summed E-state index contributed by atoms with van der Waals surface area (Å²) in [5, 5.41) is 0. The lowest BCUT2D eigenvalue weighted by Gasteiger charge is -2.06. The highest BCUT2D eigenvalue weighted by molar-refractivity contribution is 7.47. The Morgan fingerprint density at radius 2 is 1.65 bits per heavy atom. The monoisotopic (exact) mass is 242 g/mol. The van der Waals surface area contributed by atoms with Gasteiger partial charge in [-0.1, -0.05) is 48.0 Å². The second-order valence-electron chi connectivity index (χ2n) is 3.81. The molecule has 0 aliphatic rings. The summed E-state index contributed by atoms with van der Waals surface area (Å²) in [7, 11) is -0.470. The Labute approximate surface area is 101 Å². The van der Waals surface area contributed by atoms with Crippen LogP contribution in [0, 0.1) is 6.92 Å². The standard InChI is InChI=1S/C14H11O2P/c1-10-6-8-11(9-7-10)12-4-2-3-5-13(12)14(15)17-16/h2-9H,1H3. The van der Waals surface area contributed by atoms with E-state index in [-0.39, 0.29) is 5.52 Å². The third-order valence-electron chi connectivity index (χ3n) is 2.60. The van der Waals surface area contributed by atoms with Crippen molar-refractivity contribution in [1.29, 1.82) is 0 Å². The smallest absolute Gasteiger partial charge is 0.253 e. The molecule has 2 nitrogen and oxygen atoms in total. The molecule has 0 unspecified atom stereocenters. The van der Waals surface area contributed by atoms with Gasteiger partial charge in [0.25, 0.3) is 5.52 Å². The molecule has 2 aromatic carbocycles. The summed E-state index contributed by atoms with van der Waals surface area (Å²) < 4.78 is 10.7. The van der Waals surface area contributed by atoms with Crippen molar-refractivity contribution in [3.05, 3.63) is 59.7 Å². The quantitative estimate of drug-likeness (QED) is 0.759. The number of carbonyl (C=O) groups is 1. The Bertz CT molecular complexity index is 559. The van der Waals surface area contributed by atoms with E-state index in [0.717, 1.165) is 11.1 Å². The molecule has 0 aliphatic carbocycles. The number of rotatable bonds is 3. The highest BCUT2D eigenvalue weighted by atomic mass is 31.1. The van der Waals surface area contributed by atoms with E-state index in [1.54, 1.807) is 12.1 Å². The zero-order valence-corrected chi connectivity index (χ0v) is 10.3. The van der Waals surface area contributed by atoms with E-state index in [2.05, 4.69) is 0 Å². The number of benzene rings is 2. The van der Waals surface area contributed by atoms with Crippen LogP contribution < -0.4 is 0 Å². The topological polar surface area (TPSA) is 34.1 Å². The lowest BCUT2D eigenvalue weighted by Crippen LogP contribution is -1.93.